The molecular weight excluding hydrogens is 262 g/mol. The van der Waals surface area contributed by atoms with Gasteiger partial charge in [-0.2, -0.15) is 0 Å². The highest BCUT2D eigenvalue weighted by molar-refractivity contribution is 7.91. The molecule has 18 heavy (non-hydrogen) atoms. The first-order chi connectivity index (χ1) is 8.20. The zero-order chi connectivity index (χ0) is 13.9. The third-order valence-electron chi connectivity index (χ3n) is 1.93. The topological polar surface area (TPSA) is 121 Å². The maximum absolute atomic E-state index is 11.3. The summed E-state index contributed by atoms with van der Waals surface area (Å²) < 4.78 is 21.7. The number of hydrogen-bond donors (Lipinski definition) is 3. The van der Waals surface area contributed by atoms with Gasteiger partial charge in [0, 0.05) is 6.26 Å². The van der Waals surface area contributed by atoms with E-state index in [1.807, 2.05) is 0 Å². The summed E-state index contributed by atoms with van der Waals surface area (Å²) in [6.45, 7) is 0. The number of carboxylic acid groups (broad SMARTS) is 1. The number of para-hydroxylation sites is 1. The Balaban J connectivity index is 2.96. The predicted molar refractivity (Wildman–Crippen MR) is 63.4 cm³/mol. The van der Waals surface area contributed by atoms with Gasteiger partial charge in [0.1, 0.15) is 11.3 Å². The summed E-state index contributed by atoms with van der Waals surface area (Å²) in [5.41, 5.74) is -0.532. The summed E-state index contributed by atoms with van der Waals surface area (Å²) in [6, 6.07) is 3.74. The van der Waals surface area contributed by atoms with Gasteiger partial charge >= 0.3 is 5.97 Å². The van der Waals surface area contributed by atoms with Crippen molar-refractivity contribution in [3.8, 4) is 5.75 Å². The van der Waals surface area contributed by atoms with Crippen molar-refractivity contribution in [2.75, 3.05) is 17.3 Å². The van der Waals surface area contributed by atoms with Crippen LogP contribution in [0.3, 0.4) is 0 Å². The van der Waals surface area contributed by atoms with Crippen molar-refractivity contribution in [3.05, 3.63) is 23.8 Å². The Labute approximate surface area is 103 Å². The molecule has 0 aliphatic carbocycles. The molecule has 0 aromatic heterocycles. The van der Waals surface area contributed by atoms with Crippen molar-refractivity contribution >= 4 is 27.4 Å². The van der Waals surface area contributed by atoms with Crippen LogP contribution in [0.1, 0.15) is 10.4 Å². The molecule has 1 amide bonds. The molecule has 0 bridgehead atoms. The number of sulfone groups is 1. The monoisotopic (exact) mass is 273 g/mol. The van der Waals surface area contributed by atoms with Gasteiger partial charge in [-0.15, -0.1) is 0 Å². The molecular formula is C10H11NO6S. The Morgan fingerprint density at radius 2 is 1.94 bits per heavy atom. The highest BCUT2D eigenvalue weighted by atomic mass is 32.2. The van der Waals surface area contributed by atoms with Crippen molar-refractivity contribution in [1.29, 1.82) is 0 Å². The molecule has 1 aromatic carbocycles. The smallest absolute Gasteiger partial charge is 0.339 e. The normalized spacial score (nSPS) is 10.9. The lowest BCUT2D eigenvalue weighted by atomic mass is 10.1. The number of anilines is 1. The zero-order valence-electron chi connectivity index (χ0n) is 9.37. The SMILES string of the molecule is CS(=O)(=O)CC(=O)Nc1cccc(C(=O)O)c1O. The third-order valence-corrected chi connectivity index (χ3v) is 2.72. The average Bonchev–Trinajstić information content (AvgIpc) is 2.17. The van der Waals surface area contributed by atoms with Crippen molar-refractivity contribution < 1.29 is 28.2 Å². The van der Waals surface area contributed by atoms with E-state index in [0.717, 1.165) is 12.3 Å². The van der Waals surface area contributed by atoms with Gasteiger partial charge in [-0.05, 0) is 12.1 Å². The molecule has 0 heterocycles. The minimum absolute atomic E-state index is 0.149. The number of hydrogen-bond acceptors (Lipinski definition) is 5. The van der Waals surface area contributed by atoms with E-state index in [-0.39, 0.29) is 11.3 Å². The summed E-state index contributed by atoms with van der Waals surface area (Å²) in [5.74, 6) is -3.57. The second-order valence-electron chi connectivity index (χ2n) is 3.63. The van der Waals surface area contributed by atoms with Gasteiger partial charge in [0.2, 0.25) is 5.91 Å². The molecule has 98 valence electrons. The van der Waals surface area contributed by atoms with Crippen LogP contribution in [0.5, 0.6) is 5.75 Å². The van der Waals surface area contributed by atoms with Gasteiger partial charge in [0.05, 0.1) is 5.69 Å². The van der Waals surface area contributed by atoms with E-state index in [4.69, 9.17) is 5.11 Å². The highest BCUT2D eigenvalue weighted by Crippen LogP contribution is 2.27. The van der Waals surface area contributed by atoms with E-state index in [2.05, 4.69) is 5.32 Å². The second-order valence-corrected chi connectivity index (χ2v) is 5.77. The highest BCUT2D eigenvalue weighted by Gasteiger charge is 2.16. The van der Waals surface area contributed by atoms with E-state index in [1.54, 1.807) is 0 Å². The number of carbonyl (C=O) groups is 2. The van der Waals surface area contributed by atoms with E-state index < -0.39 is 33.2 Å². The first-order valence-corrected chi connectivity index (χ1v) is 6.79. The molecule has 3 N–H and O–H groups in total. The summed E-state index contributed by atoms with van der Waals surface area (Å²) in [5, 5.41) is 20.4. The predicted octanol–water partition coefficient (Wildman–Crippen LogP) is 0.0735. The lowest BCUT2D eigenvalue weighted by Gasteiger charge is -2.08. The Morgan fingerprint density at radius 1 is 1.33 bits per heavy atom. The summed E-state index contributed by atoms with van der Waals surface area (Å²) >= 11 is 0. The van der Waals surface area contributed by atoms with Crippen LogP contribution < -0.4 is 5.32 Å². The minimum Gasteiger partial charge on any atom is -0.505 e. The molecule has 0 saturated carbocycles. The maximum Gasteiger partial charge on any atom is 0.339 e. The van der Waals surface area contributed by atoms with Crippen molar-refractivity contribution in [2.45, 2.75) is 0 Å². The van der Waals surface area contributed by atoms with Crippen molar-refractivity contribution in [1.82, 2.24) is 0 Å². The molecule has 7 nitrogen and oxygen atoms in total. The number of aromatic hydroxyl groups is 1. The maximum atomic E-state index is 11.3. The standard InChI is InChI=1S/C10H11NO6S/c1-18(16,17)5-8(12)11-7-4-2-3-6(9(7)13)10(14)15/h2-4,13H,5H2,1H3,(H,11,12)(H,14,15). The van der Waals surface area contributed by atoms with Gasteiger partial charge in [0.25, 0.3) is 0 Å². The number of phenols is 1. The number of carbonyl (C=O) groups excluding carboxylic acids is 1. The molecule has 0 radical (unpaired) electrons. The molecule has 0 fully saturated rings. The van der Waals surface area contributed by atoms with Crippen LogP contribution in [0, 0.1) is 0 Å². The molecule has 1 aromatic rings. The molecule has 0 spiro atoms. The molecule has 1 rings (SSSR count). The van der Waals surface area contributed by atoms with Crippen molar-refractivity contribution in [2.24, 2.45) is 0 Å². The average molecular weight is 273 g/mol. The van der Waals surface area contributed by atoms with Crippen LogP contribution in [0.4, 0.5) is 5.69 Å². The largest absolute Gasteiger partial charge is 0.505 e. The van der Waals surface area contributed by atoms with Crippen LogP contribution in [0.25, 0.3) is 0 Å². The van der Waals surface area contributed by atoms with Crippen LogP contribution in [-0.4, -0.2) is 42.5 Å². The minimum atomic E-state index is -3.49. The number of amides is 1. The summed E-state index contributed by atoms with van der Waals surface area (Å²) in [4.78, 5) is 22.0. The first-order valence-electron chi connectivity index (χ1n) is 4.73. The van der Waals surface area contributed by atoms with Gasteiger partial charge < -0.3 is 15.5 Å². The number of nitrogens with one attached hydrogen (secondary N) is 1. The van der Waals surface area contributed by atoms with Crippen LogP contribution >= 0.6 is 0 Å². The molecule has 0 aliphatic heterocycles. The Bertz CT molecular complexity index is 592. The second kappa shape index (κ2) is 5.05. The fourth-order valence-corrected chi connectivity index (χ4v) is 1.79. The molecule has 0 saturated heterocycles. The van der Waals surface area contributed by atoms with Crippen LogP contribution in [-0.2, 0) is 14.6 Å². The number of carboxylic acids is 1. The number of rotatable bonds is 4. The quantitative estimate of drug-likeness (QED) is 0.668. The van der Waals surface area contributed by atoms with E-state index in [1.165, 1.54) is 12.1 Å². The zero-order valence-corrected chi connectivity index (χ0v) is 10.2. The lowest BCUT2D eigenvalue weighted by Crippen LogP contribution is -2.22. The first kappa shape index (κ1) is 14.0. The van der Waals surface area contributed by atoms with Gasteiger partial charge in [-0.3, -0.25) is 4.79 Å². The fourth-order valence-electron chi connectivity index (χ4n) is 1.24. The van der Waals surface area contributed by atoms with E-state index in [0.29, 0.717) is 0 Å². The van der Waals surface area contributed by atoms with E-state index in [9.17, 15) is 23.1 Å². The number of benzene rings is 1. The molecule has 0 aliphatic rings. The van der Waals surface area contributed by atoms with E-state index >= 15 is 0 Å². The number of aromatic carboxylic acids is 1. The lowest BCUT2D eigenvalue weighted by molar-refractivity contribution is -0.113. The molecule has 0 atom stereocenters. The van der Waals surface area contributed by atoms with Gasteiger partial charge in [0.15, 0.2) is 15.6 Å². The van der Waals surface area contributed by atoms with Gasteiger partial charge in [-0.25, -0.2) is 13.2 Å². The molecule has 8 heteroatoms. The third kappa shape index (κ3) is 3.74. The fraction of sp³-hybridized carbons (Fsp3) is 0.200. The van der Waals surface area contributed by atoms with Crippen molar-refractivity contribution in [3.63, 3.8) is 0 Å². The summed E-state index contributed by atoms with van der Waals surface area (Å²) in [7, 11) is -3.49. The molecule has 0 unspecified atom stereocenters. The van der Waals surface area contributed by atoms with Crippen LogP contribution in [0.15, 0.2) is 18.2 Å². The summed E-state index contributed by atoms with van der Waals surface area (Å²) in [6.07, 6.45) is 0.889. The Kier molecular flexibility index (Phi) is 3.92. The van der Waals surface area contributed by atoms with Crippen LogP contribution in [0.2, 0.25) is 0 Å². The Morgan fingerprint density at radius 3 is 2.44 bits per heavy atom. The Hall–Kier alpha value is -2.09. The van der Waals surface area contributed by atoms with Gasteiger partial charge in [-0.1, -0.05) is 6.07 Å².